The second-order valence-corrected chi connectivity index (χ2v) is 7.44. The highest BCUT2D eigenvalue weighted by atomic mass is 35.5. The molecule has 1 N–H and O–H groups in total. The molecule has 120 valence electrons. The van der Waals surface area contributed by atoms with E-state index in [-0.39, 0.29) is 11.4 Å². The number of carbonyl (C=O) groups excluding carboxylic acids is 1. The first-order valence-electron chi connectivity index (χ1n) is 6.95. The largest absolute Gasteiger partial charge is 0.323 e. The van der Waals surface area contributed by atoms with Crippen LogP contribution in [0.5, 0.6) is 0 Å². The van der Waals surface area contributed by atoms with Crippen molar-refractivity contribution >= 4 is 58.3 Å². The van der Waals surface area contributed by atoms with E-state index in [0.29, 0.717) is 27.3 Å². The summed E-state index contributed by atoms with van der Waals surface area (Å²) in [5.41, 5.74) is 1.43. The second-order valence-electron chi connectivity index (χ2n) is 5.00. The second kappa shape index (κ2) is 7.22. The highest BCUT2D eigenvalue weighted by Crippen LogP contribution is 2.39. The van der Waals surface area contributed by atoms with E-state index in [2.05, 4.69) is 5.32 Å². The minimum Gasteiger partial charge on any atom is -0.308 e. The van der Waals surface area contributed by atoms with E-state index in [0.717, 1.165) is 11.3 Å². The van der Waals surface area contributed by atoms with Gasteiger partial charge in [0, 0.05) is 17.3 Å². The van der Waals surface area contributed by atoms with Crippen molar-refractivity contribution in [2.24, 2.45) is 0 Å². The maximum Gasteiger partial charge on any atom is 0.323 e. The molecule has 2 amide bonds. The first-order chi connectivity index (χ1) is 11.1. The van der Waals surface area contributed by atoms with E-state index in [9.17, 15) is 4.79 Å². The minimum atomic E-state index is -0.227. The zero-order valence-electron chi connectivity index (χ0n) is 11.9. The van der Waals surface area contributed by atoms with Crippen LogP contribution in [0, 0.1) is 0 Å². The highest BCUT2D eigenvalue weighted by molar-refractivity contribution is 7.99. The van der Waals surface area contributed by atoms with Crippen LogP contribution in [-0.2, 0) is 0 Å². The van der Waals surface area contributed by atoms with E-state index < -0.39 is 0 Å². The summed E-state index contributed by atoms with van der Waals surface area (Å²) >= 11 is 20.0. The molecule has 2 aromatic rings. The molecule has 2 aromatic carbocycles. The van der Waals surface area contributed by atoms with E-state index in [1.54, 1.807) is 34.9 Å². The summed E-state index contributed by atoms with van der Waals surface area (Å²) in [6.07, 6.45) is 0. The van der Waals surface area contributed by atoms with Crippen LogP contribution < -0.4 is 5.32 Å². The molecule has 1 heterocycles. The first-order valence-corrected chi connectivity index (χ1v) is 9.13. The van der Waals surface area contributed by atoms with Crippen LogP contribution in [0.15, 0.2) is 42.5 Å². The third kappa shape index (κ3) is 3.72. The fraction of sp³-hybridized carbons (Fsp3) is 0.188. The topological polar surface area (TPSA) is 32.3 Å². The zero-order chi connectivity index (χ0) is 16.4. The number of halogens is 3. The molecule has 0 spiro atoms. The van der Waals surface area contributed by atoms with Crippen LogP contribution >= 0.6 is 46.6 Å². The molecule has 3 rings (SSSR count). The molecule has 1 atom stereocenters. The van der Waals surface area contributed by atoms with Gasteiger partial charge in [0.15, 0.2) is 0 Å². The molecule has 0 unspecified atom stereocenters. The van der Waals surface area contributed by atoms with E-state index >= 15 is 0 Å². The molecule has 7 heteroatoms. The highest BCUT2D eigenvalue weighted by Gasteiger charge is 2.31. The van der Waals surface area contributed by atoms with Gasteiger partial charge in [-0.1, -0.05) is 53.0 Å². The molecule has 1 saturated heterocycles. The molecule has 0 aromatic heterocycles. The third-order valence-corrected chi connectivity index (χ3v) is 5.61. The lowest BCUT2D eigenvalue weighted by atomic mass is 10.2. The van der Waals surface area contributed by atoms with E-state index in [4.69, 9.17) is 34.8 Å². The van der Waals surface area contributed by atoms with Gasteiger partial charge in [0.05, 0.1) is 15.7 Å². The van der Waals surface area contributed by atoms with Crippen molar-refractivity contribution in [1.29, 1.82) is 0 Å². The SMILES string of the molecule is O=C(Nc1c(Cl)cccc1Cl)N1CCS[C@H]1c1cccc(Cl)c1. The van der Waals surface area contributed by atoms with Gasteiger partial charge in [-0.05, 0) is 29.8 Å². The van der Waals surface area contributed by atoms with Crippen LogP contribution in [0.2, 0.25) is 15.1 Å². The van der Waals surface area contributed by atoms with Gasteiger partial charge in [0.1, 0.15) is 5.37 Å². The fourth-order valence-electron chi connectivity index (χ4n) is 2.41. The number of nitrogens with one attached hydrogen (secondary N) is 1. The quantitative estimate of drug-likeness (QED) is 0.693. The zero-order valence-corrected chi connectivity index (χ0v) is 15.0. The number of hydrogen-bond acceptors (Lipinski definition) is 2. The normalized spacial score (nSPS) is 17.3. The van der Waals surface area contributed by atoms with Gasteiger partial charge < -0.3 is 10.2 Å². The number of urea groups is 1. The van der Waals surface area contributed by atoms with Gasteiger partial charge in [0.2, 0.25) is 0 Å². The molecule has 0 radical (unpaired) electrons. The van der Waals surface area contributed by atoms with Gasteiger partial charge in [-0.25, -0.2) is 4.79 Å². The summed E-state index contributed by atoms with van der Waals surface area (Å²) in [7, 11) is 0. The number of nitrogens with zero attached hydrogens (tertiary/aromatic N) is 1. The van der Waals surface area contributed by atoms with Crippen molar-refractivity contribution in [2.75, 3.05) is 17.6 Å². The van der Waals surface area contributed by atoms with E-state index in [1.165, 1.54) is 0 Å². The predicted molar refractivity (Wildman–Crippen MR) is 98.8 cm³/mol. The standard InChI is InChI=1S/C16H13Cl3N2OS/c17-11-4-1-3-10(9-11)15-21(7-8-23-15)16(22)20-14-12(18)5-2-6-13(14)19/h1-6,9,15H,7-8H2,(H,20,22)/t15-/m0/s1. The maximum atomic E-state index is 12.6. The average Bonchev–Trinajstić information content (AvgIpc) is 3.00. The Morgan fingerprint density at radius 2 is 1.83 bits per heavy atom. The van der Waals surface area contributed by atoms with Crippen molar-refractivity contribution < 1.29 is 4.79 Å². The van der Waals surface area contributed by atoms with Crippen molar-refractivity contribution in [3.63, 3.8) is 0 Å². The number of anilines is 1. The Morgan fingerprint density at radius 1 is 1.13 bits per heavy atom. The van der Waals surface area contributed by atoms with Crippen LogP contribution in [-0.4, -0.2) is 23.2 Å². The molecule has 0 bridgehead atoms. The Labute approximate surface area is 153 Å². The van der Waals surface area contributed by atoms with Crippen LogP contribution in [0.4, 0.5) is 10.5 Å². The minimum absolute atomic E-state index is 0.0741. The molecule has 1 aliphatic rings. The molecular weight excluding hydrogens is 375 g/mol. The number of amides is 2. The van der Waals surface area contributed by atoms with Gasteiger partial charge in [0.25, 0.3) is 0 Å². The summed E-state index contributed by atoms with van der Waals surface area (Å²) in [5.74, 6) is 0.862. The van der Waals surface area contributed by atoms with E-state index in [1.807, 2.05) is 24.3 Å². The lowest BCUT2D eigenvalue weighted by Crippen LogP contribution is -2.34. The molecule has 0 aliphatic carbocycles. The van der Waals surface area contributed by atoms with Crippen molar-refractivity contribution in [2.45, 2.75) is 5.37 Å². The lowest BCUT2D eigenvalue weighted by molar-refractivity contribution is 0.214. The predicted octanol–water partition coefficient (Wildman–Crippen LogP) is 5.93. The van der Waals surface area contributed by atoms with Crippen LogP contribution in [0.1, 0.15) is 10.9 Å². The molecular formula is C16H13Cl3N2OS. The first kappa shape index (κ1) is 16.8. The number of benzene rings is 2. The summed E-state index contributed by atoms with van der Waals surface area (Å²) in [4.78, 5) is 14.4. The Bertz CT molecular complexity index is 721. The lowest BCUT2D eigenvalue weighted by Gasteiger charge is -2.25. The summed E-state index contributed by atoms with van der Waals surface area (Å²) in [5, 5.41) is 4.22. The molecule has 1 fully saturated rings. The monoisotopic (exact) mass is 386 g/mol. The van der Waals surface area contributed by atoms with Crippen molar-refractivity contribution in [3.8, 4) is 0 Å². The molecule has 3 nitrogen and oxygen atoms in total. The number of para-hydroxylation sites is 1. The number of thioether (sulfide) groups is 1. The Morgan fingerprint density at radius 3 is 2.52 bits per heavy atom. The maximum absolute atomic E-state index is 12.6. The van der Waals surface area contributed by atoms with Gasteiger partial charge in [-0.3, -0.25) is 0 Å². The summed E-state index contributed by atoms with van der Waals surface area (Å²) in [6, 6.07) is 12.4. The average molecular weight is 388 g/mol. The number of hydrogen-bond donors (Lipinski definition) is 1. The number of rotatable bonds is 2. The number of carbonyl (C=O) groups is 1. The Balaban J connectivity index is 1.81. The third-order valence-electron chi connectivity index (χ3n) is 3.48. The molecule has 1 aliphatic heterocycles. The smallest absolute Gasteiger partial charge is 0.308 e. The van der Waals surface area contributed by atoms with Crippen LogP contribution in [0.3, 0.4) is 0 Å². The fourth-order valence-corrected chi connectivity index (χ4v) is 4.35. The van der Waals surface area contributed by atoms with Crippen molar-refractivity contribution in [3.05, 3.63) is 63.1 Å². The van der Waals surface area contributed by atoms with Crippen molar-refractivity contribution in [1.82, 2.24) is 4.90 Å². The summed E-state index contributed by atoms with van der Waals surface area (Å²) in [6.45, 7) is 0.649. The van der Waals surface area contributed by atoms with Crippen LogP contribution in [0.25, 0.3) is 0 Å². The molecule has 0 saturated carbocycles. The van der Waals surface area contributed by atoms with Gasteiger partial charge in [-0.2, -0.15) is 0 Å². The molecule has 23 heavy (non-hydrogen) atoms. The van der Waals surface area contributed by atoms with Gasteiger partial charge >= 0.3 is 6.03 Å². The Kier molecular flexibility index (Phi) is 5.27. The Hall–Kier alpha value is -1.07. The van der Waals surface area contributed by atoms with Gasteiger partial charge in [-0.15, -0.1) is 11.8 Å². The summed E-state index contributed by atoms with van der Waals surface area (Å²) < 4.78 is 0.